The minimum atomic E-state index is -0.599. The molecule has 0 bridgehead atoms. The van der Waals surface area contributed by atoms with Crippen LogP contribution in [0.15, 0.2) is 45.9 Å². The van der Waals surface area contributed by atoms with Crippen molar-refractivity contribution in [2.24, 2.45) is 5.10 Å². The van der Waals surface area contributed by atoms with Crippen LogP contribution in [0.4, 0.5) is 5.88 Å². The molecule has 1 heterocycles. The molecular weight excluding hydrogens is 270 g/mol. The van der Waals surface area contributed by atoms with Gasteiger partial charge in [-0.3, -0.25) is 10.1 Å². The number of nitro groups is 1. The van der Waals surface area contributed by atoms with E-state index in [1.165, 1.54) is 18.3 Å². The quantitative estimate of drug-likeness (QED) is 0.518. The smallest absolute Gasteiger partial charge is 0.400 e. The van der Waals surface area contributed by atoms with Gasteiger partial charge in [-0.1, -0.05) is 23.7 Å². The number of rotatable bonds is 5. The first kappa shape index (κ1) is 13.1. The Balaban J connectivity index is 1.86. The number of hydrazone groups is 1. The topological polar surface area (TPSA) is 80.7 Å². The summed E-state index contributed by atoms with van der Waals surface area (Å²) in [5, 5.41) is 15.0. The fraction of sp³-hybridized carbons (Fsp3) is 0.0833. The summed E-state index contributed by atoms with van der Waals surface area (Å²) in [6.45, 7) is 0.524. The number of halogens is 1. The minimum Gasteiger partial charge on any atom is -0.400 e. The van der Waals surface area contributed by atoms with Crippen molar-refractivity contribution in [1.29, 1.82) is 0 Å². The highest BCUT2D eigenvalue weighted by Gasteiger charge is 2.09. The average Bonchev–Trinajstić information content (AvgIpc) is 2.86. The van der Waals surface area contributed by atoms with E-state index in [4.69, 9.17) is 16.0 Å². The second kappa shape index (κ2) is 6.01. The predicted octanol–water partition coefficient (Wildman–Crippen LogP) is 2.96. The molecule has 0 amide bonds. The summed E-state index contributed by atoms with van der Waals surface area (Å²) in [7, 11) is 0. The summed E-state index contributed by atoms with van der Waals surface area (Å²) in [5.41, 5.74) is 3.82. The maximum absolute atomic E-state index is 10.4. The molecule has 0 aliphatic rings. The Morgan fingerprint density at radius 1 is 1.32 bits per heavy atom. The highest BCUT2D eigenvalue weighted by molar-refractivity contribution is 6.30. The fourth-order valence-electron chi connectivity index (χ4n) is 1.36. The van der Waals surface area contributed by atoms with Gasteiger partial charge in [0, 0.05) is 5.02 Å². The van der Waals surface area contributed by atoms with Gasteiger partial charge >= 0.3 is 5.88 Å². The molecule has 0 unspecified atom stereocenters. The number of nitrogens with one attached hydrogen (secondary N) is 1. The van der Waals surface area contributed by atoms with Crippen LogP contribution in [0.5, 0.6) is 0 Å². The molecule has 7 heteroatoms. The van der Waals surface area contributed by atoms with Crippen LogP contribution in [0.25, 0.3) is 0 Å². The summed E-state index contributed by atoms with van der Waals surface area (Å²) < 4.78 is 4.91. The zero-order chi connectivity index (χ0) is 13.7. The maximum atomic E-state index is 10.4. The lowest BCUT2D eigenvalue weighted by molar-refractivity contribution is -0.402. The van der Waals surface area contributed by atoms with E-state index in [9.17, 15) is 10.1 Å². The molecule has 0 saturated carbocycles. The lowest BCUT2D eigenvalue weighted by Crippen LogP contribution is -2.05. The van der Waals surface area contributed by atoms with E-state index in [1.807, 2.05) is 12.1 Å². The molecule has 0 radical (unpaired) electrons. The number of nitrogens with zero attached hydrogens (tertiary/aromatic N) is 2. The second-order valence-electron chi connectivity index (χ2n) is 3.65. The number of hydrogen-bond acceptors (Lipinski definition) is 5. The van der Waals surface area contributed by atoms with E-state index >= 15 is 0 Å². The van der Waals surface area contributed by atoms with Gasteiger partial charge in [-0.15, -0.1) is 0 Å². The van der Waals surface area contributed by atoms with Crippen LogP contribution in [0, 0.1) is 10.1 Å². The van der Waals surface area contributed by atoms with Gasteiger partial charge in [-0.2, -0.15) is 5.10 Å². The lowest BCUT2D eigenvalue weighted by Gasteiger charge is -2.00. The first-order valence-corrected chi connectivity index (χ1v) is 5.77. The Hall–Kier alpha value is -2.34. The summed E-state index contributed by atoms with van der Waals surface area (Å²) in [6, 6.07) is 10.1. The SMILES string of the molecule is O=[N+]([O-])c1ccc(/C=N\NCc2ccc(Cl)cc2)o1. The van der Waals surface area contributed by atoms with E-state index < -0.39 is 4.92 Å². The molecule has 19 heavy (non-hydrogen) atoms. The number of hydrogen-bond donors (Lipinski definition) is 1. The molecule has 6 nitrogen and oxygen atoms in total. The lowest BCUT2D eigenvalue weighted by atomic mass is 10.2. The third kappa shape index (κ3) is 3.82. The van der Waals surface area contributed by atoms with Gasteiger partial charge < -0.3 is 9.84 Å². The predicted molar refractivity (Wildman–Crippen MR) is 71.2 cm³/mol. The van der Waals surface area contributed by atoms with Gasteiger partial charge in [0.25, 0.3) is 0 Å². The van der Waals surface area contributed by atoms with Crippen molar-refractivity contribution >= 4 is 23.7 Å². The molecule has 2 rings (SSSR count). The Labute approximate surface area is 113 Å². The Morgan fingerprint density at radius 3 is 2.68 bits per heavy atom. The summed E-state index contributed by atoms with van der Waals surface area (Å²) in [5.74, 6) is 0.00876. The normalized spacial score (nSPS) is 10.8. The van der Waals surface area contributed by atoms with Crippen LogP contribution < -0.4 is 5.43 Å². The monoisotopic (exact) mass is 279 g/mol. The molecular formula is C12H10ClN3O3. The van der Waals surface area contributed by atoms with E-state index in [0.717, 1.165) is 5.56 Å². The summed E-state index contributed by atoms with van der Waals surface area (Å²) >= 11 is 5.76. The molecule has 98 valence electrons. The highest BCUT2D eigenvalue weighted by Crippen LogP contribution is 2.13. The van der Waals surface area contributed by atoms with Crippen molar-refractivity contribution < 1.29 is 9.34 Å². The largest absolute Gasteiger partial charge is 0.433 e. The Bertz CT molecular complexity index is 593. The van der Waals surface area contributed by atoms with Crippen molar-refractivity contribution in [2.75, 3.05) is 0 Å². The minimum absolute atomic E-state index is 0.306. The van der Waals surface area contributed by atoms with Crippen molar-refractivity contribution in [2.45, 2.75) is 6.54 Å². The van der Waals surface area contributed by atoms with Crippen molar-refractivity contribution in [3.05, 3.63) is 62.9 Å². The van der Waals surface area contributed by atoms with Crippen molar-refractivity contribution in [3.8, 4) is 0 Å². The van der Waals surface area contributed by atoms with E-state index in [1.54, 1.807) is 12.1 Å². The average molecular weight is 280 g/mol. The molecule has 1 aromatic carbocycles. The van der Waals surface area contributed by atoms with Gasteiger partial charge in [-0.05, 0) is 23.8 Å². The van der Waals surface area contributed by atoms with Gasteiger partial charge in [-0.25, -0.2) is 0 Å². The molecule has 2 aromatic rings. The third-order valence-electron chi connectivity index (χ3n) is 2.27. The van der Waals surface area contributed by atoms with Crippen LogP contribution in [-0.2, 0) is 6.54 Å². The molecule has 0 aliphatic heterocycles. The van der Waals surface area contributed by atoms with E-state index in [2.05, 4.69) is 10.5 Å². The van der Waals surface area contributed by atoms with Gasteiger partial charge in [0.2, 0.25) is 0 Å². The molecule has 0 aliphatic carbocycles. The molecule has 1 N–H and O–H groups in total. The molecule has 0 atom stereocenters. The van der Waals surface area contributed by atoms with Crippen molar-refractivity contribution in [1.82, 2.24) is 5.43 Å². The maximum Gasteiger partial charge on any atom is 0.433 e. The van der Waals surface area contributed by atoms with Crippen LogP contribution in [-0.4, -0.2) is 11.1 Å². The third-order valence-corrected chi connectivity index (χ3v) is 2.52. The fourth-order valence-corrected chi connectivity index (χ4v) is 1.48. The van der Waals surface area contributed by atoms with Crippen LogP contribution >= 0.6 is 11.6 Å². The first-order valence-electron chi connectivity index (χ1n) is 5.40. The molecule has 1 aromatic heterocycles. The number of furan rings is 1. The second-order valence-corrected chi connectivity index (χ2v) is 4.09. The van der Waals surface area contributed by atoms with Crippen molar-refractivity contribution in [3.63, 3.8) is 0 Å². The van der Waals surface area contributed by atoms with Gasteiger partial charge in [0.15, 0.2) is 5.76 Å². The van der Waals surface area contributed by atoms with Crippen LogP contribution in [0.3, 0.4) is 0 Å². The summed E-state index contributed by atoms with van der Waals surface area (Å²) in [6.07, 6.45) is 1.38. The highest BCUT2D eigenvalue weighted by atomic mass is 35.5. The van der Waals surface area contributed by atoms with Crippen LogP contribution in [0.1, 0.15) is 11.3 Å². The zero-order valence-electron chi connectivity index (χ0n) is 9.75. The van der Waals surface area contributed by atoms with Gasteiger partial charge in [0.1, 0.15) is 4.92 Å². The molecule has 0 fully saturated rings. The Kier molecular flexibility index (Phi) is 4.15. The van der Waals surface area contributed by atoms with E-state index in [-0.39, 0.29) is 5.88 Å². The van der Waals surface area contributed by atoms with Crippen LogP contribution in [0.2, 0.25) is 5.02 Å². The molecule has 0 saturated heterocycles. The zero-order valence-corrected chi connectivity index (χ0v) is 10.5. The standard InChI is InChI=1S/C12H10ClN3O3/c13-10-3-1-9(2-4-10)7-14-15-8-11-5-6-12(19-11)16(17)18/h1-6,8,14H,7H2/b15-8-. The first-order chi connectivity index (χ1) is 9.15. The summed E-state index contributed by atoms with van der Waals surface area (Å²) in [4.78, 5) is 9.80. The molecule has 0 spiro atoms. The van der Waals surface area contributed by atoms with Gasteiger partial charge in [0.05, 0.1) is 18.8 Å². The number of benzene rings is 1. The Morgan fingerprint density at radius 2 is 2.05 bits per heavy atom. The van der Waals surface area contributed by atoms with E-state index in [0.29, 0.717) is 17.3 Å².